The molecule has 0 spiro atoms. The Bertz CT molecular complexity index is 2270. The second kappa shape index (κ2) is 22.7. The van der Waals surface area contributed by atoms with Gasteiger partial charge in [0.25, 0.3) is 0 Å². The van der Waals surface area contributed by atoms with Gasteiger partial charge >= 0.3 is 5.97 Å². The first kappa shape index (κ1) is 46.2. The molecule has 3 aliphatic rings. The van der Waals surface area contributed by atoms with Crippen LogP contribution in [0, 0.1) is 0 Å². The van der Waals surface area contributed by atoms with Gasteiger partial charge in [-0.25, -0.2) is 4.79 Å². The van der Waals surface area contributed by atoms with Gasteiger partial charge in [0.05, 0.1) is 0 Å². The number of nitrogens with one attached hydrogen (secondary N) is 6. The van der Waals surface area contributed by atoms with Crippen LogP contribution < -0.4 is 31.9 Å². The van der Waals surface area contributed by atoms with Crippen molar-refractivity contribution in [1.82, 2.24) is 26.6 Å². The van der Waals surface area contributed by atoms with Crippen LogP contribution in [-0.4, -0.2) is 82.0 Å². The Labute approximate surface area is 378 Å². The topological polar surface area (TPSA) is 212 Å². The number of allylic oxidation sites excluding steroid dienone is 1. The van der Waals surface area contributed by atoms with E-state index >= 15 is 0 Å². The molecule has 328 valence electrons. The Balaban J connectivity index is 1.35. The molecule has 2 bridgehead atoms. The zero-order valence-electron chi connectivity index (χ0n) is 34.3. The van der Waals surface area contributed by atoms with Crippen molar-refractivity contribution in [2.45, 2.75) is 86.8 Å². The zero-order chi connectivity index (χ0) is 44.7. The second-order valence-corrected chi connectivity index (χ2v) is 17.6. The fourth-order valence-electron chi connectivity index (χ4n) is 7.23. The first-order chi connectivity index (χ1) is 30.4. The van der Waals surface area contributed by atoms with E-state index in [1.54, 1.807) is 103 Å². The molecule has 7 rings (SSSR count). The van der Waals surface area contributed by atoms with Gasteiger partial charge in [0.15, 0.2) is 0 Å². The van der Waals surface area contributed by atoms with Crippen LogP contribution in [0.2, 0.25) is 0 Å². The van der Waals surface area contributed by atoms with Gasteiger partial charge in [0.2, 0.25) is 35.4 Å². The third kappa shape index (κ3) is 14.4. The molecule has 6 amide bonds. The molecule has 0 radical (unpaired) electrons. The molecule has 4 aromatic rings. The minimum atomic E-state index is -1.34. The molecule has 4 aromatic carbocycles. The number of rotatable bonds is 11. The lowest BCUT2D eigenvalue weighted by Crippen LogP contribution is -2.60. The molecule has 14 nitrogen and oxygen atoms in total. The summed E-state index contributed by atoms with van der Waals surface area (Å²) in [5, 5.41) is 28.7. The Morgan fingerprint density at radius 1 is 0.683 bits per heavy atom. The number of carboxylic acid groups (broad SMARTS) is 1. The van der Waals surface area contributed by atoms with Crippen molar-refractivity contribution in [3.05, 3.63) is 147 Å². The second-order valence-electron chi connectivity index (χ2n) is 15.5. The first-order valence-electron chi connectivity index (χ1n) is 20.6. The summed E-state index contributed by atoms with van der Waals surface area (Å²) in [6.07, 6.45) is 2.42. The van der Waals surface area contributed by atoms with Gasteiger partial charge < -0.3 is 37.0 Å². The van der Waals surface area contributed by atoms with Crippen LogP contribution in [0.4, 0.5) is 5.69 Å². The molecule has 1 unspecified atom stereocenters. The molecule has 3 aliphatic heterocycles. The van der Waals surface area contributed by atoms with Gasteiger partial charge in [-0.1, -0.05) is 107 Å². The first-order valence-corrected chi connectivity index (χ1v) is 22.4. The number of aliphatic carboxylic acids is 1. The molecule has 16 heteroatoms. The van der Waals surface area contributed by atoms with E-state index in [1.807, 2.05) is 17.6 Å². The summed E-state index contributed by atoms with van der Waals surface area (Å²) in [6.45, 7) is 0. The number of benzene rings is 4. The summed E-state index contributed by atoms with van der Waals surface area (Å²) in [6, 6.07) is 25.3. The summed E-state index contributed by atoms with van der Waals surface area (Å²) >= 11 is 4.96. The van der Waals surface area contributed by atoms with Crippen molar-refractivity contribution in [2.75, 3.05) is 5.32 Å². The predicted octanol–water partition coefficient (Wildman–Crippen LogP) is 4.37. The van der Waals surface area contributed by atoms with E-state index in [1.165, 1.54) is 11.8 Å². The molecular weight excluding hydrogens is 889 g/mol. The Hall–Kier alpha value is -6.26. The number of anilines is 1. The highest BCUT2D eigenvalue weighted by atomic mass is 79.9. The summed E-state index contributed by atoms with van der Waals surface area (Å²) in [7, 11) is 0. The van der Waals surface area contributed by atoms with E-state index in [9.17, 15) is 38.7 Å². The van der Waals surface area contributed by atoms with Crippen LogP contribution in [-0.2, 0) is 59.2 Å². The van der Waals surface area contributed by atoms with Crippen LogP contribution in [0.15, 0.2) is 125 Å². The number of amides is 6. The molecule has 0 saturated carbocycles. The van der Waals surface area contributed by atoms with Crippen LogP contribution in [0.25, 0.3) is 0 Å². The van der Waals surface area contributed by atoms with Gasteiger partial charge in [-0.2, -0.15) is 0 Å². The number of carbonyl (C=O) groups is 7. The smallest absolute Gasteiger partial charge is 0.326 e. The number of hydrogen-bond acceptors (Lipinski definition) is 8. The summed E-state index contributed by atoms with van der Waals surface area (Å²) < 4.78 is 0.801. The number of hydrogen-bond donors (Lipinski definition) is 7. The summed E-state index contributed by atoms with van der Waals surface area (Å²) in [5.41, 5.74) is 3.04. The monoisotopic (exact) mass is 936 g/mol. The van der Waals surface area contributed by atoms with E-state index in [0.717, 1.165) is 4.47 Å². The number of fused-ring (bicyclic) bond motifs is 18. The van der Waals surface area contributed by atoms with Crippen molar-refractivity contribution in [1.29, 1.82) is 0 Å². The quantitative estimate of drug-likeness (QED) is 0.106. The highest BCUT2D eigenvalue weighted by molar-refractivity contribution is 9.10. The van der Waals surface area contributed by atoms with Crippen LogP contribution in [0.1, 0.15) is 47.9 Å². The summed E-state index contributed by atoms with van der Waals surface area (Å²) in [4.78, 5) is 96.1. The molecule has 0 fully saturated rings. The number of carbonyl (C=O) groups excluding carboxylic acids is 6. The van der Waals surface area contributed by atoms with Crippen molar-refractivity contribution in [3.8, 4) is 0 Å². The zero-order valence-corrected chi connectivity index (χ0v) is 36.7. The van der Waals surface area contributed by atoms with Crippen molar-refractivity contribution in [3.63, 3.8) is 0 Å². The third-order valence-corrected chi connectivity index (χ3v) is 12.3. The van der Waals surface area contributed by atoms with Gasteiger partial charge in [-0.3, -0.25) is 28.8 Å². The van der Waals surface area contributed by atoms with Gasteiger partial charge in [-0.05, 0) is 64.8 Å². The minimum Gasteiger partial charge on any atom is -0.480 e. The molecular formula is C47H49BrN6O8S. The maximum Gasteiger partial charge on any atom is 0.326 e. The Morgan fingerprint density at radius 2 is 1.25 bits per heavy atom. The highest BCUT2D eigenvalue weighted by Crippen LogP contribution is 2.28. The van der Waals surface area contributed by atoms with E-state index in [-0.39, 0.29) is 50.2 Å². The molecule has 0 aromatic heterocycles. The lowest BCUT2D eigenvalue weighted by atomic mass is 10.00. The van der Waals surface area contributed by atoms with E-state index in [2.05, 4.69) is 47.8 Å². The largest absolute Gasteiger partial charge is 0.480 e. The normalized spacial score (nSPS) is 21.7. The maximum absolute atomic E-state index is 14.5. The fraction of sp³-hybridized carbons (Fsp3) is 0.298. The Morgan fingerprint density at radius 3 is 1.86 bits per heavy atom. The SMILES string of the molecule is O=C1CCC(=O)N[C@H](CC2CC=CS2)C(=O)N[C@@H](Cc2ccc(Br)cc2)C(=O)N[C@H](Cc2ccccc2)C(=O)N[C@H](C(=O)N[C@@H](Cc2ccccc2)C(=O)O)Cc2ccc(cc2)N1. The highest BCUT2D eigenvalue weighted by Gasteiger charge is 2.34. The average molecular weight is 938 g/mol. The van der Waals surface area contributed by atoms with E-state index in [0.29, 0.717) is 34.4 Å². The van der Waals surface area contributed by atoms with Gasteiger partial charge in [-0.15, -0.1) is 11.8 Å². The molecule has 0 aliphatic carbocycles. The van der Waals surface area contributed by atoms with Gasteiger partial charge in [0, 0.05) is 53.9 Å². The number of halogens is 1. The minimum absolute atomic E-state index is 0.00353. The average Bonchev–Trinajstić information content (AvgIpc) is 3.79. The predicted molar refractivity (Wildman–Crippen MR) is 243 cm³/mol. The van der Waals surface area contributed by atoms with Crippen LogP contribution in [0.3, 0.4) is 0 Å². The van der Waals surface area contributed by atoms with Crippen LogP contribution >= 0.6 is 27.7 Å². The summed E-state index contributed by atoms with van der Waals surface area (Å²) in [5.74, 6) is -5.06. The Kier molecular flexibility index (Phi) is 16.7. The van der Waals surface area contributed by atoms with Crippen molar-refractivity contribution in [2.24, 2.45) is 0 Å². The lowest BCUT2D eigenvalue weighted by Gasteiger charge is -2.28. The number of carboxylic acids is 1. The lowest BCUT2D eigenvalue weighted by molar-refractivity contribution is -0.142. The van der Waals surface area contributed by atoms with E-state index in [4.69, 9.17) is 0 Å². The molecule has 63 heavy (non-hydrogen) atoms. The van der Waals surface area contributed by atoms with Crippen molar-refractivity contribution >= 4 is 74.8 Å². The molecule has 0 saturated heterocycles. The fourth-order valence-corrected chi connectivity index (χ4v) is 8.46. The standard InChI is InChI=1S/C47H49BrN6O8S/c48-33-17-13-31(14-18-33)25-37-44(58)51-36(24-29-8-3-1-4-9-29)43(57)52-38(45(59)54-40(47(61)62)27-30-10-5-2-6-11-30)26-32-15-19-34(20-16-32)49-41(55)21-22-42(56)50-39(46(60)53-37)28-35-12-7-23-63-35/h1-11,13-20,23,35-40H,12,21-22,24-28H2,(H,49,55)(H,50,56)(H,51,58)(H,52,57)(H,53,60)(H,54,59)(H,61,62)/t35?,36-,37+,38+,39-,40+/m1/s1. The third-order valence-electron chi connectivity index (χ3n) is 10.6. The van der Waals surface area contributed by atoms with Gasteiger partial charge in [0.1, 0.15) is 30.2 Å². The molecule has 7 N–H and O–H groups in total. The van der Waals surface area contributed by atoms with Crippen molar-refractivity contribution < 1.29 is 38.7 Å². The van der Waals surface area contributed by atoms with E-state index < -0.39 is 71.6 Å². The molecule has 6 atom stereocenters. The molecule has 3 heterocycles. The van der Waals surface area contributed by atoms with Crippen LogP contribution in [0.5, 0.6) is 0 Å². The maximum atomic E-state index is 14.5. The number of thioether (sulfide) groups is 1.